The number of carboxylic acid groups (broad SMARTS) is 1. The second-order valence-electron chi connectivity index (χ2n) is 5.02. The van der Waals surface area contributed by atoms with Gasteiger partial charge in [-0.15, -0.1) is 11.3 Å². The number of hydrogen-bond acceptors (Lipinski definition) is 3. The fourth-order valence-corrected chi connectivity index (χ4v) is 3.19. The van der Waals surface area contributed by atoms with Gasteiger partial charge in [0, 0.05) is 23.6 Å². The second-order valence-corrected chi connectivity index (χ2v) is 6.28. The number of carboxylic acids is 1. The van der Waals surface area contributed by atoms with Crippen LogP contribution >= 0.6 is 11.3 Å². The van der Waals surface area contributed by atoms with E-state index in [0.29, 0.717) is 0 Å². The predicted octanol–water partition coefficient (Wildman–Crippen LogP) is 3.52. The summed E-state index contributed by atoms with van der Waals surface area (Å²) in [4.78, 5) is 23.8. The molecule has 1 heterocycles. The number of nitrogens with one attached hydrogen (secondary N) is 1. The third kappa shape index (κ3) is 3.33. The van der Waals surface area contributed by atoms with Crippen molar-refractivity contribution < 1.29 is 23.5 Å². The van der Waals surface area contributed by atoms with E-state index in [0.717, 1.165) is 4.88 Å². The Morgan fingerprint density at radius 1 is 1.40 bits per heavy atom. The van der Waals surface area contributed by atoms with E-state index in [1.807, 2.05) is 0 Å². The lowest BCUT2D eigenvalue weighted by Gasteiger charge is -2.27. The second kappa shape index (κ2) is 5.47. The summed E-state index contributed by atoms with van der Waals surface area (Å²) in [6.45, 7) is 1.74. The third-order valence-electron chi connectivity index (χ3n) is 3.41. The van der Waals surface area contributed by atoms with Gasteiger partial charge in [0.15, 0.2) is 0 Å². The van der Waals surface area contributed by atoms with Gasteiger partial charge in [-0.25, -0.2) is 13.6 Å². The van der Waals surface area contributed by atoms with E-state index < -0.39 is 17.8 Å². The minimum Gasteiger partial charge on any atom is -0.478 e. The van der Waals surface area contributed by atoms with Crippen LogP contribution < -0.4 is 5.32 Å². The Morgan fingerprint density at radius 2 is 2.00 bits per heavy atom. The van der Waals surface area contributed by atoms with Crippen molar-refractivity contribution in [1.82, 2.24) is 0 Å². The molecule has 1 saturated carbocycles. The number of alkyl halides is 2. The highest BCUT2D eigenvalue weighted by atomic mass is 32.1. The summed E-state index contributed by atoms with van der Waals surface area (Å²) in [5.41, 5.74) is 0.0435. The zero-order chi connectivity index (χ0) is 14.9. The van der Waals surface area contributed by atoms with Crippen LogP contribution in [-0.2, 0) is 4.79 Å². The van der Waals surface area contributed by atoms with Crippen LogP contribution in [-0.4, -0.2) is 22.9 Å². The topological polar surface area (TPSA) is 66.4 Å². The summed E-state index contributed by atoms with van der Waals surface area (Å²) >= 11 is 1.17. The monoisotopic (exact) mass is 303 g/mol. The fraction of sp³-hybridized carbons (Fsp3) is 0.538. The van der Waals surface area contributed by atoms with Crippen LogP contribution in [0.1, 0.15) is 40.9 Å². The Hall–Kier alpha value is -1.50. The number of aromatic carboxylic acids is 1. The first-order chi connectivity index (χ1) is 9.28. The molecular weight excluding hydrogens is 288 g/mol. The quantitative estimate of drug-likeness (QED) is 0.898. The Balaban J connectivity index is 2.04. The summed E-state index contributed by atoms with van der Waals surface area (Å²) in [6, 6.07) is 1.48. The van der Waals surface area contributed by atoms with E-state index in [-0.39, 0.29) is 42.2 Å². The Morgan fingerprint density at radius 3 is 2.55 bits per heavy atom. The van der Waals surface area contributed by atoms with Gasteiger partial charge in [-0.05, 0) is 25.8 Å². The normalized spacial score (nSPS) is 18.8. The average Bonchev–Trinajstić information content (AvgIpc) is 2.70. The minimum absolute atomic E-state index is 0.0435. The van der Waals surface area contributed by atoms with Gasteiger partial charge in [-0.1, -0.05) is 0 Å². The van der Waals surface area contributed by atoms with Crippen LogP contribution in [0.4, 0.5) is 13.8 Å². The van der Waals surface area contributed by atoms with Gasteiger partial charge in [0.2, 0.25) is 11.8 Å². The molecule has 1 aliphatic rings. The number of thiophene rings is 1. The van der Waals surface area contributed by atoms with E-state index in [9.17, 15) is 18.4 Å². The summed E-state index contributed by atoms with van der Waals surface area (Å²) in [5.74, 6) is -4.63. The van der Waals surface area contributed by atoms with E-state index in [1.165, 1.54) is 17.4 Å². The van der Waals surface area contributed by atoms with Crippen molar-refractivity contribution in [3.05, 3.63) is 16.5 Å². The molecule has 0 spiro atoms. The molecule has 110 valence electrons. The number of carbonyl (C=O) groups is 2. The predicted molar refractivity (Wildman–Crippen MR) is 71.6 cm³/mol. The lowest BCUT2D eigenvalue weighted by atomic mass is 9.86. The van der Waals surface area contributed by atoms with Crippen LogP contribution in [0.5, 0.6) is 0 Å². The van der Waals surface area contributed by atoms with Crippen molar-refractivity contribution in [2.24, 2.45) is 5.92 Å². The number of aryl methyl sites for hydroxylation is 1. The molecule has 2 rings (SSSR count). The highest BCUT2D eigenvalue weighted by Crippen LogP contribution is 2.37. The summed E-state index contributed by atoms with van der Waals surface area (Å²) in [5, 5.41) is 11.9. The highest BCUT2D eigenvalue weighted by molar-refractivity contribution is 7.16. The van der Waals surface area contributed by atoms with Gasteiger partial charge >= 0.3 is 5.97 Å². The van der Waals surface area contributed by atoms with E-state index in [4.69, 9.17) is 5.11 Å². The van der Waals surface area contributed by atoms with Crippen LogP contribution in [0.2, 0.25) is 0 Å². The number of rotatable bonds is 3. The van der Waals surface area contributed by atoms with Crippen molar-refractivity contribution in [2.45, 2.75) is 38.5 Å². The van der Waals surface area contributed by atoms with Crippen molar-refractivity contribution in [2.75, 3.05) is 5.32 Å². The molecule has 0 atom stereocenters. The first-order valence-electron chi connectivity index (χ1n) is 6.31. The smallest absolute Gasteiger partial charge is 0.338 e. The lowest BCUT2D eigenvalue weighted by Crippen LogP contribution is -2.31. The van der Waals surface area contributed by atoms with Crippen LogP contribution in [0, 0.1) is 12.8 Å². The minimum atomic E-state index is -2.68. The Bertz CT molecular complexity index is 532. The molecule has 0 unspecified atom stereocenters. The maximum atomic E-state index is 13.0. The number of halogens is 2. The first kappa shape index (κ1) is 14.9. The molecule has 0 radical (unpaired) electrons. The highest BCUT2D eigenvalue weighted by Gasteiger charge is 2.37. The lowest BCUT2D eigenvalue weighted by molar-refractivity contribution is -0.123. The Kier molecular flexibility index (Phi) is 4.08. The molecule has 1 amide bonds. The largest absolute Gasteiger partial charge is 0.478 e. The molecule has 1 aliphatic carbocycles. The fourth-order valence-electron chi connectivity index (χ4n) is 2.28. The zero-order valence-corrected chi connectivity index (χ0v) is 11.7. The van der Waals surface area contributed by atoms with Crippen molar-refractivity contribution >= 4 is 28.2 Å². The molecule has 0 aliphatic heterocycles. The number of anilines is 1. The van der Waals surface area contributed by atoms with Gasteiger partial charge in [0.25, 0.3) is 0 Å². The maximum absolute atomic E-state index is 13.0. The SMILES string of the molecule is Cc1cc(C(=O)O)c(NC(=O)C2CCC(F)(F)CC2)s1. The molecular formula is C13H15F2NO3S. The molecule has 1 aromatic rings. The molecule has 1 fully saturated rings. The van der Waals surface area contributed by atoms with E-state index in [2.05, 4.69) is 5.32 Å². The van der Waals surface area contributed by atoms with Crippen LogP contribution in [0.3, 0.4) is 0 Å². The van der Waals surface area contributed by atoms with Gasteiger partial charge in [-0.2, -0.15) is 0 Å². The van der Waals surface area contributed by atoms with Gasteiger partial charge in [0.1, 0.15) is 5.00 Å². The van der Waals surface area contributed by atoms with Crippen LogP contribution in [0.15, 0.2) is 6.07 Å². The van der Waals surface area contributed by atoms with Gasteiger partial charge in [0.05, 0.1) is 5.56 Å². The van der Waals surface area contributed by atoms with Crippen molar-refractivity contribution in [1.29, 1.82) is 0 Å². The molecule has 7 heteroatoms. The molecule has 2 N–H and O–H groups in total. The first-order valence-corrected chi connectivity index (χ1v) is 7.12. The number of amides is 1. The van der Waals surface area contributed by atoms with E-state index >= 15 is 0 Å². The Labute approximate surface area is 118 Å². The average molecular weight is 303 g/mol. The number of hydrogen-bond donors (Lipinski definition) is 2. The summed E-state index contributed by atoms with van der Waals surface area (Å²) in [7, 11) is 0. The molecule has 20 heavy (non-hydrogen) atoms. The standard InChI is InChI=1S/C13H15F2NO3S/c1-7-6-9(12(18)19)11(20-7)16-10(17)8-2-4-13(14,15)5-3-8/h6,8H,2-5H2,1H3,(H,16,17)(H,18,19). The molecule has 0 bridgehead atoms. The zero-order valence-electron chi connectivity index (χ0n) is 10.9. The van der Waals surface area contributed by atoms with Crippen molar-refractivity contribution in [3.8, 4) is 0 Å². The molecule has 1 aromatic heterocycles. The van der Waals surface area contributed by atoms with Crippen molar-refractivity contribution in [3.63, 3.8) is 0 Å². The van der Waals surface area contributed by atoms with Gasteiger partial charge < -0.3 is 10.4 Å². The van der Waals surface area contributed by atoms with Crippen LogP contribution in [0.25, 0.3) is 0 Å². The van der Waals surface area contributed by atoms with Gasteiger partial charge in [-0.3, -0.25) is 4.79 Å². The maximum Gasteiger partial charge on any atom is 0.338 e. The molecule has 0 saturated heterocycles. The molecule has 0 aromatic carbocycles. The third-order valence-corrected chi connectivity index (χ3v) is 4.38. The number of carbonyl (C=O) groups excluding carboxylic acids is 1. The molecule has 4 nitrogen and oxygen atoms in total. The van der Waals surface area contributed by atoms with E-state index in [1.54, 1.807) is 6.92 Å². The summed E-state index contributed by atoms with van der Waals surface area (Å²) in [6.07, 6.45) is -0.322. The summed E-state index contributed by atoms with van der Waals surface area (Å²) < 4.78 is 26.1.